The van der Waals surface area contributed by atoms with Gasteiger partial charge in [0, 0.05) is 35.6 Å². The molecule has 146 valence electrons. The molecule has 0 saturated carbocycles. The number of nitrogens with zero attached hydrogens (tertiary/aromatic N) is 1. The van der Waals surface area contributed by atoms with Crippen LogP contribution in [0.25, 0.3) is 0 Å². The molecule has 1 aliphatic rings. The molecule has 0 atom stereocenters. The Morgan fingerprint density at radius 3 is 2.15 bits per heavy atom. The maximum atomic E-state index is 12.4. The van der Waals surface area contributed by atoms with Gasteiger partial charge in [-0.25, -0.2) is 0 Å². The minimum atomic E-state index is -0.924. The standard InChI is InChI=1S/C18H23ClN4O4/c1-11(2)20-16(25)17(26)22-21-15(24)12-7-9-23(10-8-12)18(27)13-3-5-14(19)6-4-13/h3-6,11-12H,7-10H2,1-2H3,(H,20,25)(H,21,24)(H,22,26). The SMILES string of the molecule is CC(C)NC(=O)C(=O)NNC(=O)C1CCN(C(=O)c2ccc(Cl)cc2)CC1. The first-order chi connectivity index (χ1) is 12.8. The molecule has 0 spiro atoms. The summed E-state index contributed by atoms with van der Waals surface area (Å²) in [6, 6.07) is 6.48. The molecule has 0 radical (unpaired) electrons. The minimum Gasteiger partial charge on any atom is -0.346 e. The topological polar surface area (TPSA) is 108 Å². The molecule has 1 saturated heterocycles. The van der Waals surface area contributed by atoms with Crippen LogP contribution in [0.3, 0.4) is 0 Å². The smallest absolute Gasteiger partial charge is 0.327 e. The van der Waals surface area contributed by atoms with Gasteiger partial charge >= 0.3 is 11.8 Å². The predicted molar refractivity (Wildman–Crippen MR) is 99.6 cm³/mol. The second-order valence-corrected chi connectivity index (χ2v) is 7.08. The molecular weight excluding hydrogens is 372 g/mol. The molecule has 9 heteroatoms. The molecule has 0 bridgehead atoms. The van der Waals surface area contributed by atoms with Crippen LogP contribution in [-0.2, 0) is 14.4 Å². The van der Waals surface area contributed by atoms with Gasteiger partial charge in [-0.1, -0.05) is 11.6 Å². The van der Waals surface area contributed by atoms with E-state index in [0.717, 1.165) is 0 Å². The highest BCUT2D eigenvalue weighted by atomic mass is 35.5. The molecule has 2 rings (SSSR count). The molecule has 0 aliphatic carbocycles. The molecule has 0 unspecified atom stereocenters. The van der Waals surface area contributed by atoms with Gasteiger partial charge in [0.2, 0.25) is 5.91 Å². The van der Waals surface area contributed by atoms with Crippen LogP contribution in [-0.4, -0.2) is 47.7 Å². The van der Waals surface area contributed by atoms with Crippen molar-refractivity contribution in [2.24, 2.45) is 5.92 Å². The highest BCUT2D eigenvalue weighted by Crippen LogP contribution is 2.20. The number of hydrogen-bond donors (Lipinski definition) is 3. The molecule has 27 heavy (non-hydrogen) atoms. The molecular formula is C18H23ClN4O4. The molecule has 0 aromatic heterocycles. The lowest BCUT2D eigenvalue weighted by molar-refractivity contribution is -0.141. The summed E-state index contributed by atoms with van der Waals surface area (Å²) in [5.41, 5.74) is 4.92. The lowest BCUT2D eigenvalue weighted by Gasteiger charge is -2.31. The van der Waals surface area contributed by atoms with Crippen LogP contribution in [0.2, 0.25) is 5.02 Å². The van der Waals surface area contributed by atoms with Crippen molar-refractivity contribution in [3.8, 4) is 0 Å². The van der Waals surface area contributed by atoms with E-state index in [-0.39, 0.29) is 23.8 Å². The lowest BCUT2D eigenvalue weighted by Crippen LogP contribution is -2.52. The van der Waals surface area contributed by atoms with Crippen molar-refractivity contribution >= 4 is 35.2 Å². The Balaban J connectivity index is 1.78. The zero-order valence-corrected chi connectivity index (χ0v) is 16.0. The highest BCUT2D eigenvalue weighted by molar-refractivity contribution is 6.35. The number of halogens is 1. The van der Waals surface area contributed by atoms with Crippen LogP contribution in [0.5, 0.6) is 0 Å². The van der Waals surface area contributed by atoms with Gasteiger partial charge in [0.25, 0.3) is 5.91 Å². The summed E-state index contributed by atoms with van der Waals surface area (Å²) in [5.74, 6) is -2.56. The number of hydrazine groups is 1. The zero-order valence-electron chi connectivity index (χ0n) is 15.3. The number of piperidine rings is 1. The van der Waals surface area contributed by atoms with E-state index in [0.29, 0.717) is 36.5 Å². The molecule has 1 fully saturated rings. The molecule has 1 aliphatic heterocycles. The number of carbonyl (C=O) groups is 4. The Morgan fingerprint density at radius 2 is 1.59 bits per heavy atom. The van der Waals surface area contributed by atoms with Crippen molar-refractivity contribution in [2.75, 3.05) is 13.1 Å². The third-order valence-corrected chi connectivity index (χ3v) is 4.42. The Hall–Kier alpha value is -2.61. The van der Waals surface area contributed by atoms with Crippen molar-refractivity contribution < 1.29 is 19.2 Å². The maximum absolute atomic E-state index is 12.4. The quantitative estimate of drug-likeness (QED) is 0.522. The van der Waals surface area contributed by atoms with E-state index in [1.807, 2.05) is 0 Å². The van der Waals surface area contributed by atoms with E-state index in [2.05, 4.69) is 16.2 Å². The van der Waals surface area contributed by atoms with Crippen LogP contribution in [0.15, 0.2) is 24.3 Å². The molecule has 8 nitrogen and oxygen atoms in total. The second kappa shape index (κ2) is 9.36. The van der Waals surface area contributed by atoms with Crippen LogP contribution in [0.4, 0.5) is 0 Å². The van der Waals surface area contributed by atoms with E-state index in [4.69, 9.17) is 11.6 Å². The fourth-order valence-corrected chi connectivity index (χ4v) is 2.85. The summed E-state index contributed by atoms with van der Waals surface area (Å²) in [4.78, 5) is 49.4. The largest absolute Gasteiger partial charge is 0.346 e. The summed E-state index contributed by atoms with van der Waals surface area (Å²) in [7, 11) is 0. The fraction of sp³-hybridized carbons (Fsp3) is 0.444. The fourth-order valence-electron chi connectivity index (χ4n) is 2.72. The van der Waals surface area contributed by atoms with Gasteiger partial charge in [0.15, 0.2) is 0 Å². The average molecular weight is 395 g/mol. The van der Waals surface area contributed by atoms with Gasteiger partial charge in [-0.15, -0.1) is 0 Å². The maximum Gasteiger partial charge on any atom is 0.327 e. The number of likely N-dealkylation sites (tertiary alicyclic amines) is 1. The van der Waals surface area contributed by atoms with E-state index in [1.54, 1.807) is 43.0 Å². The average Bonchev–Trinajstić information content (AvgIpc) is 2.65. The lowest BCUT2D eigenvalue weighted by atomic mass is 9.95. The number of carbonyl (C=O) groups excluding carboxylic acids is 4. The van der Waals surface area contributed by atoms with E-state index < -0.39 is 11.8 Å². The van der Waals surface area contributed by atoms with Crippen LogP contribution in [0.1, 0.15) is 37.0 Å². The number of amides is 4. The van der Waals surface area contributed by atoms with Crippen LogP contribution < -0.4 is 16.2 Å². The predicted octanol–water partition coefficient (Wildman–Crippen LogP) is 0.864. The summed E-state index contributed by atoms with van der Waals surface area (Å²) in [6.07, 6.45) is 0.943. The summed E-state index contributed by atoms with van der Waals surface area (Å²) in [6.45, 7) is 4.31. The summed E-state index contributed by atoms with van der Waals surface area (Å²) < 4.78 is 0. The van der Waals surface area contributed by atoms with Crippen molar-refractivity contribution in [3.05, 3.63) is 34.9 Å². The summed E-state index contributed by atoms with van der Waals surface area (Å²) >= 11 is 5.83. The number of rotatable bonds is 3. The number of hydrogen-bond acceptors (Lipinski definition) is 4. The van der Waals surface area contributed by atoms with E-state index in [1.165, 1.54) is 0 Å². The number of benzene rings is 1. The van der Waals surface area contributed by atoms with Gasteiger partial charge in [0.1, 0.15) is 0 Å². The Kier molecular flexibility index (Phi) is 7.18. The van der Waals surface area contributed by atoms with Gasteiger partial charge in [-0.3, -0.25) is 30.0 Å². The van der Waals surface area contributed by atoms with Crippen molar-refractivity contribution in [1.82, 2.24) is 21.1 Å². The first-order valence-electron chi connectivity index (χ1n) is 8.73. The van der Waals surface area contributed by atoms with Gasteiger partial charge in [-0.2, -0.15) is 0 Å². The number of nitrogens with one attached hydrogen (secondary N) is 3. The third-order valence-electron chi connectivity index (χ3n) is 4.17. The first kappa shape index (κ1) is 20.7. The molecule has 1 aromatic carbocycles. The van der Waals surface area contributed by atoms with E-state index in [9.17, 15) is 19.2 Å². The van der Waals surface area contributed by atoms with Gasteiger partial charge in [0.05, 0.1) is 0 Å². The Morgan fingerprint density at radius 1 is 1.00 bits per heavy atom. The first-order valence-corrected chi connectivity index (χ1v) is 9.11. The summed E-state index contributed by atoms with van der Waals surface area (Å²) in [5, 5.41) is 2.99. The normalized spacial score (nSPS) is 14.6. The van der Waals surface area contributed by atoms with Gasteiger partial charge in [-0.05, 0) is 51.0 Å². The van der Waals surface area contributed by atoms with Gasteiger partial charge < -0.3 is 10.2 Å². The van der Waals surface area contributed by atoms with E-state index >= 15 is 0 Å². The van der Waals surface area contributed by atoms with Crippen molar-refractivity contribution in [3.63, 3.8) is 0 Å². The minimum absolute atomic E-state index is 0.107. The Labute approximate surface area is 162 Å². The highest BCUT2D eigenvalue weighted by Gasteiger charge is 2.28. The van der Waals surface area contributed by atoms with Crippen molar-refractivity contribution in [2.45, 2.75) is 32.7 Å². The molecule has 1 aromatic rings. The van der Waals surface area contributed by atoms with Crippen LogP contribution in [0, 0.1) is 5.92 Å². The molecule has 3 N–H and O–H groups in total. The second-order valence-electron chi connectivity index (χ2n) is 6.64. The third kappa shape index (κ3) is 5.96. The molecule has 1 heterocycles. The van der Waals surface area contributed by atoms with Crippen LogP contribution >= 0.6 is 11.6 Å². The Bertz CT molecular complexity index is 713. The zero-order chi connectivity index (χ0) is 20.0. The monoisotopic (exact) mass is 394 g/mol. The van der Waals surface area contributed by atoms with Crippen molar-refractivity contribution in [1.29, 1.82) is 0 Å². The molecule has 4 amide bonds.